The molecule has 2 rings (SSSR count). The largest absolute Gasteiger partial charge is 0.381 e. The van der Waals surface area contributed by atoms with E-state index < -0.39 is 10.0 Å². The van der Waals surface area contributed by atoms with Gasteiger partial charge in [0.15, 0.2) is 5.96 Å². The van der Waals surface area contributed by atoms with Crippen LogP contribution in [0.3, 0.4) is 0 Å². The summed E-state index contributed by atoms with van der Waals surface area (Å²) in [4.78, 5) is 4.87. The molecule has 1 heterocycles. The van der Waals surface area contributed by atoms with Crippen LogP contribution in [0.25, 0.3) is 0 Å². The van der Waals surface area contributed by atoms with Crippen LogP contribution in [0.4, 0.5) is 0 Å². The molecule has 170 valence electrons. The van der Waals surface area contributed by atoms with Gasteiger partial charge in [0.1, 0.15) is 0 Å². The maximum atomic E-state index is 12.1. The Hall–Kier alpha value is -1.68. The van der Waals surface area contributed by atoms with E-state index in [1.807, 2.05) is 6.92 Å². The van der Waals surface area contributed by atoms with Gasteiger partial charge in [-0.25, -0.2) is 17.7 Å². The first-order chi connectivity index (χ1) is 14.4. The molecule has 0 atom stereocenters. The van der Waals surface area contributed by atoms with Crippen LogP contribution in [0.1, 0.15) is 31.7 Å². The van der Waals surface area contributed by atoms with Crippen molar-refractivity contribution in [3.8, 4) is 0 Å². The smallest absolute Gasteiger partial charge is 0.242 e. The standard InChI is InChI=1S/C21H36N4O4S/c1-4-22-21(23-12-5-13-29-17-19-10-14-28-15-11-19)24-16-18-6-8-20(9-7-18)30(26,27)25(2)3/h6-9,19H,4-5,10-17H2,1-3H3,(H2,22,23,24). The molecule has 0 saturated carbocycles. The van der Waals surface area contributed by atoms with Crippen molar-refractivity contribution in [2.45, 2.75) is 37.6 Å². The number of ether oxygens (including phenoxy) is 2. The monoisotopic (exact) mass is 440 g/mol. The third kappa shape index (κ3) is 8.22. The first-order valence-corrected chi connectivity index (χ1v) is 12.1. The molecule has 0 aliphatic carbocycles. The van der Waals surface area contributed by atoms with Crippen molar-refractivity contribution in [1.82, 2.24) is 14.9 Å². The zero-order chi connectivity index (χ0) is 21.8. The molecule has 0 unspecified atom stereocenters. The molecule has 1 aromatic rings. The second kappa shape index (κ2) is 12.9. The lowest BCUT2D eigenvalue weighted by Crippen LogP contribution is -2.38. The summed E-state index contributed by atoms with van der Waals surface area (Å²) in [6.45, 7) is 7.29. The summed E-state index contributed by atoms with van der Waals surface area (Å²) in [5.41, 5.74) is 0.949. The zero-order valence-electron chi connectivity index (χ0n) is 18.4. The van der Waals surface area contributed by atoms with Crippen LogP contribution in [0.15, 0.2) is 34.2 Å². The van der Waals surface area contributed by atoms with Crippen molar-refractivity contribution in [3.63, 3.8) is 0 Å². The highest BCUT2D eigenvalue weighted by molar-refractivity contribution is 7.89. The van der Waals surface area contributed by atoms with Crippen LogP contribution in [-0.4, -0.2) is 72.3 Å². The van der Waals surface area contributed by atoms with Gasteiger partial charge in [0.25, 0.3) is 0 Å². The summed E-state index contributed by atoms with van der Waals surface area (Å²) < 4.78 is 36.6. The van der Waals surface area contributed by atoms with E-state index in [1.165, 1.54) is 18.4 Å². The first-order valence-electron chi connectivity index (χ1n) is 10.6. The van der Waals surface area contributed by atoms with Gasteiger partial charge in [-0.1, -0.05) is 12.1 Å². The second-order valence-corrected chi connectivity index (χ2v) is 9.69. The highest BCUT2D eigenvalue weighted by Gasteiger charge is 2.16. The van der Waals surface area contributed by atoms with Gasteiger partial charge in [0.2, 0.25) is 10.0 Å². The Morgan fingerprint density at radius 3 is 2.53 bits per heavy atom. The van der Waals surface area contributed by atoms with Crippen LogP contribution in [0.2, 0.25) is 0 Å². The average molecular weight is 441 g/mol. The third-order valence-corrected chi connectivity index (χ3v) is 6.75. The molecular formula is C21H36N4O4S. The van der Waals surface area contributed by atoms with Crippen LogP contribution in [0, 0.1) is 5.92 Å². The highest BCUT2D eigenvalue weighted by atomic mass is 32.2. The van der Waals surface area contributed by atoms with Gasteiger partial charge in [0.05, 0.1) is 11.4 Å². The molecule has 0 aromatic heterocycles. The van der Waals surface area contributed by atoms with E-state index in [2.05, 4.69) is 15.6 Å². The Labute approximate surface area is 181 Å². The molecule has 30 heavy (non-hydrogen) atoms. The Kier molecular flexibility index (Phi) is 10.6. The van der Waals surface area contributed by atoms with Crippen molar-refractivity contribution < 1.29 is 17.9 Å². The van der Waals surface area contributed by atoms with Crippen LogP contribution < -0.4 is 10.6 Å². The number of sulfonamides is 1. The number of nitrogens with one attached hydrogen (secondary N) is 2. The topological polar surface area (TPSA) is 92.3 Å². The van der Waals surface area contributed by atoms with Crippen molar-refractivity contribution in [2.24, 2.45) is 10.9 Å². The van der Waals surface area contributed by atoms with E-state index >= 15 is 0 Å². The maximum Gasteiger partial charge on any atom is 0.242 e. The number of rotatable bonds is 11. The van der Waals surface area contributed by atoms with Gasteiger partial charge in [-0.2, -0.15) is 0 Å². The summed E-state index contributed by atoms with van der Waals surface area (Å²) in [5.74, 6) is 1.37. The minimum Gasteiger partial charge on any atom is -0.381 e. The summed E-state index contributed by atoms with van der Waals surface area (Å²) in [6.07, 6.45) is 3.10. The molecule has 1 aliphatic rings. The molecule has 0 spiro atoms. The lowest BCUT2D eigenvalue weighted by atomic mass is 10.0. The molecule has 0 bridgehead atoms. The van der Waals surface area contributed by atoms with Crippen molar-refractivity contribution >= 4 is 16.0 Å². The maximum absolute atomic E-state index is 12.1. The molecule has 0 radical (unpaired) electrons. The van der Waals surface area contributed by atoms with E-state index in [0.717, 1.165) is 70.3 Å². The van der Waals surface area contributed by atoms with Crippen LogP contribution in [-0.2, 0) is 26.0 Å². The van der Waals surface area contributed by atoms with E-state index in [-0.39, 0.29) is 4.90 Å². The van der Waals surface area contributed by atoms with E-state index in [0.29, 0.717) is 12.5 Å². The van der Waals surface area contributed by atoms with Crippen molar-refractivity contribution in [2.75, 3.05) is 53.6 Å². The lowest BCUT2D eigenvalue weighted by Gasteiger charge is -2.21. The van der Waals surface area contributed by atoms with Crippen LogP contribution >= 0.6 is 0 Å². The second-order valence-electron chi connectivity index (χ2n) is 7.54. The fraction of sp³-hybridized carbons (Fsp3) is 0.667. The number of hydrogen-bond donors (Lipinski definition) is 2. The predicted molar refractivity (Wildman–Crippen MR) is 119 cm³/mol. The Balaban J connectivity index is 1.74. The quantitative estimate of drug-likeness (QED) is 0.310. The van der Waals surface area contributed by atoms with Gasteiger partial charge in [-0.3, -0.25) is 0 Å². The summed E-state index contributed by atoms with van der Waals surface area (Å²) >= 11 is 0. The van der Waals surface area contributed by atoms with Crippen molar-refractivity contribution in [3.05, 3.63) is 29.8 Å². The summed E-state index contributed by atoms with van der Waals surface area (Å²) in [6, 6.07) is 6.84. The Morgan fingerprint density at radius 1 is 1.20 bits per heavy atom. The average Bonchev–Trinajstić information content (AvgIpc) is 2.75. The third-order valence-electron chi connectivity index (χ3n) is 4.92. The number of aliphatic imine (C=N–C) groups is 1. The molecule has 1 aromatic carbocycles. The normalized spacial score (nSPS) is 16.1. The minimum atomic E-state index is -3.41. The van der Waals surface area contributed by atoms with Gasteiger partial charge in [0, 0.05) is 53.6 Å². The fourth-order valence-electron chi connectivity index (χ4n) is 3.03. The molecule has 1 saturated heterocycles. The van der Waals surface area contributed by atoms with Crippen LogP contribution in [0.5, 0.6) is 0 Å². The fourth-order valence-corrected chi connectivity index (χ4v) is 3.94. The van der Waals surface area contributed by atoms with Gasteiger partial charge >= 0.3 is 0 Å². The Bertz CT molecular complexity index is 745. The number of guanidine groups is 1. The minimum absolute atomic E-state index is 0.283. The molecule has 8 nitrogen and oxygen atoms in total. The summed E-state index contributed by atoms with van der Waals surface area (Å²) in [7, 11) is -0.355. The van der Waals surface area contributed by atoms with Gasteiger partial charge in [-0.05, 0) is 49.8 Å². The number of hydrogen-bond acceptors (Lipinski definition) is 5. The lowest BCUT2D eigenvalue weighted by molar-refractivity contribution is 0.0203. The zero-order valence-corrected chi connectivity index (χ0v) is 19.2. The van der Waals surface area contributed by atoms with E-state index in [1.54, 1.807) is 24.3 Å². The van der Waals surface area contributed by atoms with Crippen molar-refractivity contribution in [1.29, 1.82) is 0 Å². The number of benzene rings is 1. The van der Waals surface area contributed by atoms with Gasteiger partial charge < -0.3 is 20.1 Å². The number of nitrogens with zero attached hydrogens (tertiary/aromatic N) is 2. The SMILES string of the molecule is CCNC(=NCc1ccc(S(=O)(=O)N(C)C)cc1)NCCCOCC1CCOCC1. The van der Waals surface area contributed by atoms with E-state index in [4.69, 9.17) is 9.47 Å². The predicted octanol–water partition coefficient (Wildman–Crippen LogP) is 1.83. The molecule has 0 amide bonds. The summed E-state index contributed by atoms with van der Waals surface area (Å²) in [5, 5.41) is 6.54. The molecular weight excluding hydrogens is 404 g/mol. The first kappa shape index (κ1) is 24.6. The van der Waals surface area contributed by atoms with E-state index in [9.17, 15) is 8.42 Å². The highest BCUT2D eigenvalue weighted by Crippen LogP contribution is 2.15. The molecule has 9 heteroatoms. The molecule has 1 fully saturated rings. The molecule has 2 N–H and O–H groups in total. The Morgan fingerprint density at radius 2 is 1.90 bits per heavy atom. The van der Waals surface area contributed by atoms with Gasteiger partial charge in [-0.15, -0.1) is 0 Å². The molecule has 1 aliphatic heterocycles.